The third kappa shape index (κ3) is 3.31. The number of aromatic nitrogens is 3. The van der Waals surface area contributed by atoms with Crippen molar-refractivity contribution in [2.24, 2.45) is 0 Å². The molecule has 0 spiro atoms. The van der Waals surface area contributed by atoms with E-state index < -0.39 is 5.54 Å². The molecule has 1 saturated carbocycles. The Morgan fingerprint density at radius 2 is 2.29 bits per heavy atom. The number of carbonyl (C=O) groups is 1. The third-order valence-electron chi connectivity index (χ3n) is 4.16. The summed E-state index contributed by atoms with van der Waals surface area (Å²) in [6.45, 7) is 2.66. The average Bonchev–Trinajstić information content (AvgIpc) is 3.32. The van der Waals surface area contributed by atoms with E-state index in [1.807, 2.05) is 17.6 Å². The number of nitrogens with zero attached hydrogens (tertiary/aromatic N) is 4. The van der Waals surface area contributed by atoms with Gasteiger partial charge in [0.05, 0.1) is 18.1 Å². The number of furan rings is 1. The molecule has 0 unspecified atom stereocenters. The van der Waals surface area contributed by atoms with E-state index in [9.17, 15) is 10.1 Å². The van der Waals surface area contributed by atoms with Gasteiger partial charge < -0.3 is 9.73 Å². The second kappa shape index (κ2) is 7.09. The fraction of sp³-hybridized carbons (Fsp3) is 0.500. The summed E-state index contributed by atoms with van der Waals surface area (Å²) in [5, 5.41) is 21.2. The molecule has 1 N–H and O–H groups in total. The van der Waals surface area contributed by atoms with Crippen molar-refractivity contribution in [1.29, 1.82) is 5.26 Å². The van der Waals surface area contributed by atoms with Crippen molar-refractivity contribution < 1.29 is 9.21 Å². The summed E-state index contributed by atoms with van der Waals surface area (Å²) in [6.07, 6.45) is 5.02. The summed E-state index contributed by atoms with van der Waals surface area (Å²) >= 11 is 1.32. The van der Waals surface area contributed by atoms with Crippen molar-refractivity contribution >= 4 is 17.7 Å². The maximum absolute atomic E-state index is 12.2. The first-order chi connectivity index (χ1) is 11.7. The Morgan fingerprint density at radius 3 is 2.92 bits per heavy atom. The summed E-state index contributed by atoms with van der Waals surface area (Å²) in [4.78, 5) is 12.2. The monoisotopic (exact) mass is 345 g/mol. The van der Waals surface area contributed by atoms with Crippen molar-refractivity contribution in [2.45, 2.75) is 49.8 Å². The summed E-state index contributed by atoms with van der Waals surface area (Å²) in [5.74, 6) is 1.36. The summed E-state index contributed by atoms with van der Waals surface area (Å²) in [6, 6.07) is 5.89. The number of thioether (sulfide) groups is 1. The van der Waals surface area contributed by atoms with Gasteiger partial charge in [-0.3, -0.25) is 9.36 Å². The van der Waals surface area contributed by atoms with Crippen molar-refractivity contribution in [3.8, 4) is 17.7 Å². The van der Waals surface area contributed by atoms with Crippen LogP contribution in [0.15, 0.2) is 28.0 Å². The maximum atomic E-state index is 12.2. The zero-order chi connectivity index (χ0) is 17.0. The molecule has 0 saturated heterocycles. The first-order valence-corrected chi connectivity index (χ1v) is 8.98. The number of nitriles is 1. The van der Waals surface area contributed by atoms with Crippen LogP contribution in [0.5, 0.6) is 0 Å². The molecule has 8 heteroatoms. The van der Waals surface area contributed by atoms with E-state index in [1.165, 1.54) is 11.8 Å². The molecule has 7 nitrogen and oxygen atoms in total. The van der Waals surface area contributed by atoms with Gasteiger partial charge in [-0.25, -0.2) is 0 Å². The molecule has 3 rings (SSSR count). The molecule has 24 heavy (non-hydrogen) atoms. The van der Waals surface area contributed by atoms with Gasteiger partial charge in [-0.15, -0.1) is 10.2 Å². The molecule has 1 fully saturated rings. The van der Waals surface area contributed by atoms with Crippen LogP contribution in [0.1, 0.15) is 32.6 Å². The molecular formula is C16H19N5O2S. The van der Waals surface area contributed by atoms with E-state index in [0.29, 0.717) is 23.3 Å². The highest BCUT2D eigenvalue weighted by molar-refractivity contribution is 7.99. The van der Waals surface area contributed by atoms with Crippen LogP contribution in [-0.4, -0.2) is 32.0 Å². The Balaban J connectivity index is 1.65. The van der Waals surface area contributed by atoms with E-state index in [1.54, 1.807) is 12.3 Å². The van der Waals surface area contributed by atoms with Gasteiger partial charge in [-0.2, -0.15) is 5.26 Å². The number of hydrogen-bond acceptors (Lipinski definition) is 6. The third-order valence-corrected chi connectivity index (χ3v) is 5.12. The van der Waals surface area contributed by atoms with Crippen LogP contribution < -0.4 is 5.32 Å². The summed E-state index contributed by atoms with van der Waals surface area (Å²) < 4.78 is 7.28. The van der Waals surface area contributed by atoms with Crippen molar-refractivity contribution in [1.82, 2.24) is 20.1 Å². The van der Waals surface area contributed by atoms with Crippen molar-refractivity contribution in [2.75, 3.05) is 5.75 Å². The van der Waals surface area contributed by atoms with E-state index in [0.717, 1.165) is 25.7 Å². The van der Waals surface area contributed by atoms with Gasteiger partial charge in [0.15, 0.2) is 16.7 Å². The van der Waals surface area contributed by atoms with Crippen molar-refractivity contribution in [3.63, 3.8) is 0 Å². The number of amides is 1. The van der Waals surface area contributed by atoms with E-state index in [-0.39, 0.29) is 11.7 Å². The second-order valence-electron chi connectivity index (χ2n) is 5.77. The maximum Gasteiger partial charge on any atom is 0.231 e. The molecule has 126 valence electrons. The molecule has 0 atom stereocenters. The number of rotatable bonds is 6. The van der Waals surface area contributed by atoms with Crippen LogP contribution in [0.3, 0.4) is 0 Å². The molecule has 2 heterocycles. The molecule has 1 amide bonds. The number of hydrogen-bond donors (Lipinski definition) is 1. The quantitative estimate of drug-likeness (QED) is 0.808. The molecule has 0 bridgehead atoms. The lowest BCUT2D eigenvalue weighted by molar-refractivity contribution is -0.119. The molecular weight excluding hydrogens is 326 g/mol. The minimum atomic E-state index is -0.685. The Hall–Kier alpha value is -2.27. The molecule has 2 aromatic heterocycles. The number of carbonyl (C=O) groups excluding carboxylic acids is 1. The van der Waals surface area contributed by atoms with Gasteiger partial charge in [0.1, 0.15) is 5.54 Å². The Morgan fingerprint density at radius 1 is 1.50 bits per heavy atom. The van der Waals surface area contributed by atoms with Gasteiger partial charge in [0.25, 0.3) is 0 Å². The Labute approximate surface area is 144 Å². The topological polar surface area (TPSA) is 96.7 Å². The lowest BCUT2D eigenvalue weighted by Gasteiger charge is -2.21. The standard InChI is InChI=1S/C16H19N5O2S/c1-2-21-14(12-6-5-9-23-12)19-20-15(21)24-10-13(22)18-16(11-17)7-3-4-8-16/h5-6,9H,2-4,7-8,10H2,1H3,(H,18,22). The lowest BCUT2D eigenvalue weighted by Crippen LogP contribution is -2.45. The van der Waals surface area contributed by atoms with Gasteiger partial charge in [0, 0.05) is 6.54 Å². The highest BCUT2D eigenvalue weighted by Crippen LogP contribution is 2.29. The van der Waals surface area contributed by atoms with E-state index in [4.69, 9.17) is 4.42 Å². The Bertz CT molecular complexity index is 741. The SMILES string of the molecule is CCn1c(SCC(=O)NC2(C#N)CCCC2)nnc1-c1ccco1. The Kier molecular flexibility index (Phi) is 4.90. The molecule has 0 radical (unpaired) electrons. The van der Waals surface area contributed by atoms with Gasteiger partial charge >= 0.3 is 0 Å². The van der Waals surface area contributed by atoms with Crippen LogP contribution in [0, 0.1) is 11.3 Å². The van der Waals surface area contributed by atoms with E-state index >= 15 is 0 Å². The summed E-state index contributed by atoms with van der Waals surface area (Å²) in [7, 11) is 0. The first-order valence-electron chi connectivity index (χ1n) is 7.99. The minimum Gasteiger partial charge on any atom is -0.461 e. The number of nitrogens with one attached hydrogen (secondary N) is 1. The highest BCUT2D eigenvalue weighted by atomic mass is 32.2. The predicted molar refractivity (Wildman–Crippen MR) is 89.1 cm³/mol. The van der Waals surface area contributed by atoms with Gasteiger partial charge in [-0.1, -0.05) is 11.8 Å². The largest absolute Gasteiger partial charge is 0.461 e. The van der Waals surface area contributed by atoms with E-state index in [2.05, 4.69) is 21.6 Å². The second-order valence-corrected chi connectivity index (χ2v) is 6.71. The minimum absolute atomic E-state index is 0.145. The molecule has 0 aliphatic heterocycles. The summed E-state index contributed by atoms with van der Waals surface area (Å²) in [5.41, 5.74) is -0.685. The smallest absolute Gasteiger partial charge is 0.231 e. The van der Waals surface area contributed by atoms with Crippen LogP contribution >= 0.6 is 11.8 Å². The lowest BCUT2D eigenvalue weighted by atomic mass is 10.0. The normalized spacial score (nSPS) is 16.0. The van der Waals surface area contributed by atoms with Crippen molar-refractivity contribution in [3.05, 3.63) is 18.4 Å². The molecule has 1 aliphatic carbocycles. The molecule has 1 aliphatic rings. The van der Waals surface area contributed by atoms with Crippen LogP contribution in [0.4, 0.5) is 0 Å². The average molecular weight is 345 g/mol. The van der Waals surface area contributed by atoms with Crippen LogP contribution in [0.2, 0.25) is 0 Å². The zero-order valence-electron chi connectivity index (χ0n) is 13.5. The van der Waals surface area contributed by atoms with Gasteiger partial charge in [-0.05, 0) is 44.7 Å². The fourth-order valence-electron chi connectivity index (χ4n) is 2.94. The highest BCUT2D eigenvalue weighted by Gasteiger charge is 2.35. The fourth-order valence-corrected chi connectivity index (χ4v) is 3.75. The van der Waals surface area contributed by atoms with Crippen LogP contribution in [0.25, 0.3) is 11.6 Å². The van der Waals surface area contributed by atoms with Gasteiger partial charge in [0.2, 0.25) is 5.91 Å². The molecule has 0 aromatic carbocycles. The first kappa shape index (κ1) is 16.6. The molecule has 2 aromatic rings. The zero-order valence-corrected chi connectivity index (χ0v) is 14.3. The van der Waals surface area contributed by atoms with Crippen LogP contribution in [-0.2, 0) is 11.3 Å². The predicted octanol–water partition coefficient (Wildman–Crippen LogP) is 2.60.